The van der Waals surface area contributed by atoms with Gasteiger partial charge in [0.2, 0.25) is 0 Å². The Hall–Kier alpha value is -1.99. The molecular weight excluding hydrogens is 202 g/mol. The first-order valence-corrected chi connectivity index (χ1v) is 4.95. The molecule has 2 amide bonds. The molecule has 16 heavy (non-hydrogen) atoms. The smallest absolute Gasteiger partial charge is 0.318 e. The minimum atomic E-state index is -0.249. The summed E-state index contributed by atoms with van der Waals surface area (Å²) < 4.78 is 0. The molecule has 4 nitrogen and oxygen atoms in total. The molecule has 1 aromatic rings. The summed E-state index contributed by atoms with van der Waals surface area (Å²) in [6.45, 7) is 2.29. The molecule has 1 aromatic carbocycles. The SMILES string of the molecule is CNC(=O)Nc1ccc(C)c(C#CCN)c1. The number of nitrogens with two attached hydrogens (primary N) is 1. The van der Waals surface area contributed by atoms with E-state index in [1.165, 1.54) is 0 Å². The maximum absolute atomic E-state index is 11.1. The molecule has 0 fully saturated rings. The van der Waals surface area contributed by atoms with Gasteiger partial charge in [-0.25, -0.2) is 4.79 Å². The van der Waals surface area contributed by atoms with E-state index in [1.54, 1.807) is 7.05 Å². The highest BCUT2D eigenvalue weighted by Crippen LogP contribution is 2.14. The lowest BCUT2D eigenvalue weighted by Crippen LogP contribution is -2.24. The van der Waals surface area contributed by atoms with Crippen molar-refractivity contribution in [2.45, 2.75) is 6.92 Å². The Bertz CT molecular complexity index is 443. The van der Waals surface area contributed by atoms with Gasteiger partial charge in [0.05, 0.1) is 6.54 Å². The van der Waals surface area contributed by atoms with Crippen molar-refractivity contribution in [2.75, 3.05) is 18.9 Å². The number of carbonyl (C=O) groups excluding carboxylic acids is 1. The van der Waals surface area contributed by atoms with Gasteiger partial charge in [-0.05, 0) is 24.6 Å². The predicted molar refractivity (Wildman–Crippen MR) is 65.2 cm³/mol. The van der Waals surface area contributed by atoms with E-state index in [2.05, 4.69) is 22.5 Å². The van der Waals surface area contributed by atoms with Crippen LogP contribution in [0.4, 0.5) is 10.5 Å². The van der Waals surface area contributed by atoms with Crippen LogP contribution in [0.25, 0.3) is 0 Å². The summed E-state index contributed by atoms with van der Waals surface area (Å²) in [6.07, 6.45) is 0. The van der Waals surface area contributed by atoms with Gasteiger partial charge in [0.15, 0.2) is 0 Å². The zero-order valence-electron chi connectivity index (χ0n) is 9.42. The van der Waals surface area contributed by atoms with E-state index < -0.39 is 0 Å². The lowest BCUT2D eigenvalue weighted by atomic mass is 10.1. The summed E-state index contributed by atoms with van der Waals surface area (Å²) in [6, 6.07) is 5.32. The monoisotopic (exact) mass is 217 g/mol. The lowest BCUT2D eigenvalue weighted by molar-refractivity contribution is 0.254. The number of hydrogen-bond donors (Lipinski definition) is 3. The maximum Gasteiger partial charge on any atom is 0.318 e. The van der Waals surface area contributed by atoms with Crippen molar-refractivity contribution in [3.8, 4) is 11.8 Å². The number of amides is 2. The average molecular weight is 217 g/mol. The molecule has 4 N–H and O–H groups in total. The minimum absolute atomic E-state index is 0.249. The van der Waals surface area contributed by atoms with Crippen LogP contribution in [0.3, 0.4) is 0 Å². The number of nitrogens with one attached hydrogen (secondary N) is 2. The fourth-order valence-corrected chi connectivity index (χ4v) is 1.17. The van der Waals surface area contributed by atoms with Gasteiger partial charge in [-0.15, -0.1) is 0 Å². The second kappa shape index (κ2) is 5.79. The Kier molecular flexibility index (Phi) is 4.37. The molecule has 0 radical (unpaired) electrons. The Labute approximate surface area is 95.2 Å². The second-order valence-electron chi connectivity index (χ2n) is 3.24. The molecule has 0 bridgehead atoms. The van der Waals surface area contributed by atoms with Gasteiger partial charge >= 0.3 is 6.03 Å². The Balaban J connectivity index is 2.93. The number of rotatable bonds is 1. The van der Waals surface area contributed by atoms with Crippen molar-refractivity contribution >= 4 is 11.7 Å². The molecule has 0 atom stereocenters. The third-order valence-electron chi connectivity index (χ3n) is 2.05. The van der Waals surface area contributed by atoms with Crippen LogP contribution in [-0.2, 0) is 0 Å². The molecule has 4 heteroatoms. The van der Waals surface area contributed by atoms with E-state index in [-0.39, 0.29) is 6.03 Å². The largest absolute Gasteiger partial charge is 0.341 e. The molecule has 0 spiro atoms. The van der Waals surface area contributed by atoms with Crippen LogP contribution < -0.4 is 16.4 Å². The fourth-order valence-electron chi connectivity index (χ4n) is 1.17. The normalized spacial score (nSPS) is 8.94. The van der Waals surface area contributed by atoms with Gasteiger partial charge < -0.3 is 16.4 Å². The third-order valence-corrected chi connectivity index (χ3v) is 2.05. The number of carbonyl (C=O) groups is 1. The van der Waals surface area contributed by atoms with E-state index in [0.717, 1.165) is 11.1 Å². The van der Waals surface area contributed by atoms with E-state index in [0.29, 0.717) is 12.2 Å². The first-order valence-electron chi connectivity index (χ1n) is 4.95. The molecule has 1 rings (SSSR count). The molecule has 0 heterocycles. The Morgan fingerprint density at radius 1 is 1.50 bits per heavy atom. The molecule has 0 unspecified atom stereocenters. The number of aryl methyl sites for hydroxylation is 1. The van der Waals surface area contributed by atoms with E-state index >= 15 is 0 Å². The first-order chi connectivity index (χ1) is 7.67. The zero-order valence-corrected chi connectivity index (χ0v) is 9.42. The molecular formula is C12H15N3O. The van der Waals surface area contributed by atoms with Crippen molar-refractivity contribution in [3.05, 3.63) is 29.3 Å². The van der Waals surface area contributed by atoms with E-state index in [4.69, 9.17) is 5.73 Å². The molecule has 0 saturated heterocycles. The van der Waals surface area contributed by atoms with Gasteiger partial charge in [0.1, 0.15) is 0 Å². The Morgan fingerprint density at radius 2 is 2.25 bits per heavy atom. The van der Waals surface area contributed by atoms with Gasteiger partial charge in [-0.2, -0.15) is 0 Å². The van der Waals surface area contributed by atoms with E-state index in [1.807, 2.05) is 25.1 Å². The molecule has 0 aliphatic rings. The molecule has 0 aliphatic carbocycles. The van der Waals surface area contributed by atoms with Gasteiger partial charge in [-0.3, -0.25) is 0 Å². The molecule has 0 saturated carbocycles. The summed E-state index contributed by atoms with van der Waals surface area (Å²) in [7, 11) is 1.57. The van der Waals surface area contributed by atoms with Crippen LogP contribution in [0, 0.1) is 18.8 Å². The first kappa shape index (κ1) is 12.1. The summed E-state index contributed by atoms with van der Waals surface area (Å²) in [5, 5.41) is 5.17. The summed E-state index contributed by atoms with van der Waals surface area (Å²) in [4.78, 5) is 11.1. The van der Waals surface area contributed by atoms with Gasteiger partial charge in [-0.1, -0.05) is 17.9 Å². The van der Waals surface area contributed by atoms with Crippen molar-refractivity contribution in [1.82, 2.24) is 5.32 Å². The van der Waals surface area contributed by atoms with Crippen molar-refractivity contribution in [3.63, 3.8) is 0 Å². The van der Waals surface area contributed by atoms with Gasteiger partial charge in [0.25, 0.3) is 0 Å². The van der Waals surface area contributed by atoms with Crippen LogP contribution in [-0.4, -0.2) is 19.6 Å². The number of benzene rings is 1. The van der Waals surface area contributed by atoms with Gasteiger partial charge in [0, 0.05) is 18.3 Å². The summed E-state index contributed by atoms with van der Waals surface area (Å²) in [5.74, 6) is 5.75. The predicted octanol–water partition coefficient (Wildman–Crippen LogP) is 1.06. The molecule has 84 valence electrons. The van der Waals surface area contributed by atoms with Crippen molar-refractivity contribution in [1.29, 1.82) is 0 Å². The van der Waals surface area contributed by atoms with Crippen molar-refractivity contribution in [2.24, 2.45) is 5.73 Å². The molecule has 0 aromatic heterocycles. The number of hydrogen-bond acceptors (Lipinski definition) is 2. The zero-order chi connectivity index (χ0) is 12.0. The maximum atomic E-state index is 11.1. The highest BCUT2D eigenvalue weighted by molar-refractivity contribution is 5.89. The van der Waals surface area contributed by atoms with Crippen LogP contribution in [0.5, 0.6) is 0 Å². The topological polar surface area (TPSA) is 67.2 Å². The standard InChI is InChI=1S/C12H15N3O/c1-9-5-6-11(15-12(16)14-2)8-10(9)4-3-7-13/h5-6,8H,7,13H2,1-2H3,(H2,14,15,16). The summed E-state index contributed by atoms with van der Waals surface area (Å²) in [5.41, 5.74) is 7.96. The van der Waals surface area contributed by atoms with E-state index in [9.17, 15) is 4.79 Å². The number of urea groups is 1. The van der Waals surface area contributed by atoms with Crippen LogP contribution in [0.15, 0.2) is 18.2 Å². The highest BCUT2D eigenvalue weighted by atomic mass is 16.2. The number of anilines is 1. The van der Waals surface area contributed by atoms with Crippen LogP contribution >= 0.6 is 0 Å². The molecule has 0 aliphatic heterocycles. The Morgan fingerprint density at radius 3 is 2.88 bits per heavy atom. The fraction of sp³-hybridized carbons (Fsp3) is 0.250. The van der Waals surface area contributed by atoms with Crippen LogP contribution in [0.2, 0.25) is 0 Å². The average Bonchev–Trinajstić information content (AvgIpc) is 2.29. The highest BCUT2D eigenvalue weighted by Gasteiger charge is 2.00. The van der Waals surface area contributed by atoms with Crippen molar-refractivity contribution < 1.29 is 4.79 Å². The summed E-state index contributed by atoms with van der Waals surface area (Å²) >= 11 is 0. The van der Waals surface area contributed by atoms with Crippen LogP contribution in [0.1, 0.15) is 11.1 Å². The second-order valence-corrected chi connectivity index (χ2v) is 3.24. The minimum Gasteiger partial charge on any atom is -0.341 e. The quantitative estimate of drug-likeness (QED) is 0.616. The third kappa shape index (κ3) is 3.30. The lowest BCUT2D eigenvalue weighted by Gasteiger charge is -2.06.